The van der Waals surface area contributed by atoms with Crippen LogP contribution in [-0.4, -0.2) is 16.3 Å². The van der Waals surface area contributed by atoms with E-state index in [-0.39, 0.29) is 12.1 Å². The lowest BCUT2D eigenvalue weighted by Gasteiger charge is -2.18. The van der Waals surface area contributed by atoms with Crippen molar-refractivity contribution < 1.29 is 18.4 Å². The van der Waals surface area contributed by atoms with Gasteiger partial charge in [0.1, 0.15) is 11.6 Å². The van der Waals surface area contributed by atoms with Gasteiger partial charge in [0.15, 0.2) is 11.8 Å². The Hall–Kier alpha value is -3.48. The van der Waals surface area contributed by atoms with Crippen LogP contribution in [0.4, 0.5) is 4.39 Å². The molecular weight excluding hydrogens is 339 g/mol. The molecule has 0 fully saturated rings. The first kappa shape index (κ1) is 17.3. The van der Waals surface area contributed by atoms with Gasteiger partial charge in [-0.25, -0.2) is 4.39 Å². The molecule has 1 atom stereocenters. The van der Waals surface area contributed by atoms with Gasteiger partial charge in [0.25, 0.3) is 11.5 Å². The first-order valence-corrected chi connectivity index (χ1v) is 7.83. The predicted octanol–water partition coefficient (Wildman–Crippen LogP) is 2.32. The standard InChI is InChI=1S/C19H15FN2O4/c20-14-8-6-13(7-9-14)18(24)17(22-10-2-1-5-16(22)23)19(25)21-12-15-4-3-11-26-15/h1-11,17H,12H2,(H,21,25)/t17-/m0/s1. The Morgan fingerprint density at radius 3 is 2.50 bits per heavy atom. The minimum atomic E-state index is -1.41. The number of ketones is 1. The normalized spacial score (nSPS) is 11.7. The topological polar surface area (TPSA) is 81.3 Å². The van der Waals surface area contributed by atoms with E-state index < -0.39 is 29.1 Å². The second kappa shape index (κ2) is 7.60. The summed E-state index contributed by atoms with van der Waals surface area (Å²) >= 11 is 0. The smallest absolute Gasteiger partial charge is 0.251 e. The number of halogens is 1. The lowest BCUT2D eigenvalue weighted by Crippen LogP contribution is -2.41. The number of pyridine rings is 1. The average Bonchev–Trinajstić information content (AvgIpc) is 3.16. The molecule has 0 bridgehead atoms. The molecule has 26 heavy (non-hydrogen) atoms. The highest BCUT2D eigenvalue weighted by atomic mass is 19.1. The molecule has 2 heterocycles. The number of carbonyl (C=O) groups excluding carboxylic acids is 2. The van der Waals surface area contributed by atoms with Crippen molar-refractivity contribution in [2.24, 2.45) is 0 Å². The first-order chi connectivity index (χ1) is 12.6. The molecule has 3 aromatic rings. The Morgan fingerprint density at radius 1 is 1.08 bits per heavy atom. The van der Waals surface area contributed by atoms with Crippen molar-refractivity contribution in [1.82, 2.24) is 9.88 Å². The quantitative estimate of drug-likeness (QED) is 0.544. The van der Waals surface area contributed by atoms with E-state index in [0.29, 0.717) is 5.76 Å². The third-order valence-corrected chi connectivity index (χ3v) is 3.77. The van der Waals surface area contributed by atoms with Crippen molar-refractivity contribution in [3.63, 3.8) is 0 Å². The molecule has 132 valence electrons. The summed E-state index contributed by atoms with van der Waals surface area (Å²) in [6, 6.07) is 11.0. The molecule has 7 heteroatoms. The fraction of sp³-hybridized carbons (Fsp3) is 0.105. The summed E-state index contributed by atoms with van der Waals surface area (Å²) < 4.78 is 19.3. The van der Waals surface area contributed by atoms with Crippen LogP contribution in [0.2, 0.25) is 0 Å². The number of hydrogen-bond acceptors (Lipinski definition) is 4. The summed E-state index contributed by atoms with van der Waals surface area (Å²) in [4.78, 5) is 37.7. The zero-order chi connectivity index (χ0) is 18.5. The second-order valence-corrected chi connectivity index (χ2v) is 5.52. The number of hydrogen-bond donors (Lipinski definition) is 1. The minimum Gasteiger partial charge on any atom is -0.467 e. The predicted molar refractivity (Wildman–Crippen MR) is 91.0 cm³/mol. The van der Waals surface area contributed by atoms with Crippen LogP contribution in [0.1, 0.15) is 22.2 Å². The Balaban J connectivity index is 1.92. The SMILES string of the molecule is O=C(NCc1ccco1)[C@H](C(=O)c1ccc(F)cc1)n1ccccc1=O. The number of nitrogens with one attached hydrogen (secondary N) is 1. The number of aromatic nitrogens is 1. The maximum atomic E-state index is 13.1. The zero-order valence-corrected chi connectivity index (χ0v) is 13.6. The molecule has 1 amide bonds. The van der Waals surface area contributed by atoms with E-state index in [4.69, 9.17) is 4.42 Å². The number of amides is 1. The van der Waals surface area contributed by atoms with Crippen molar-refractivity contribution >= 4 is 11.7 Å². The fourth-order valence-electron chi connectivity index (χ4n) is 2.48. The highest BCUT2D eigenvalue weighted by molar-refractivity contribution is 6.11. The van der Waals surface area contributed by atoms with Crippen LogP contribution in [0.15, 0.2) is 76.3 Å². The number of furan rings is 1. The molecular formula is C19H15FN2O4. The molecule has 0 saturated heterocycles. The summed E-state index contributed by atoms with van der Waals surface area (Å²) in [5.41, 5.74) is -0.374. The fourth-order valence-corrected chi connectivity index (χ4v) is 2.48. The monoisotopic (exact) mass is 354 g/mol. The van der Waals surface area contributed by atoms with E-state index >= 15 is 0 Å². The third-order valence-electron chi connectivity index (χ3n) is 3.77. The van der Waals surface area contributed by atoms with Gasteiger partial charge >= 0.3 is 0 Å². The van der Waals surface area contributed by atoms with Crippen molar-refractivity contribution in [3.8, 4) is 0 Å². The van der Waals surface area contributed by atoms with Crippen LogP contribution in [0.5, 0.6) is 0 Å². The van der Waals surface area contributed by atoms with Crippen LogP contribution < -0.4 is 10.9 Å². The van der Waals surface area contributed by atoms with E-state index in [0.717, 1.165) is 16.7 Å². The molecule has 0 spiro atoms. The summed E-state index contributed by atoms with van der Waals surface area (Å²) in [5.74, 6) is -1.27. The summed E-state index contributed by atoms with van der Waals surface area (Å²) in [7, 11) is 0. The Labute approximate surface area is 147 Å². The van der Waals surface area contributed by atoms with E-state index in [1.165, 1.54) is 36.7 Å². The summed E-state index contributed by atoms with van der Waals surface area (Å²) in [6.45, 7) is 0.0701. The van der Waals surface area contributed by atoms with Gasteiger partial charge in [-0.3, -0.25) is 19.0 Å². The van der Waals surface area contributed by atoms with Gasteiger partial charge in [-0.1, -0.05) is 6.07 Å². The van der Waals surface area contributed by atoms with Gasteiger partial charge in [-0.2, -0.15) is 0 Å². The number of nitrogens with zero attached hydrogens (tertiary/aromatic N) is 1. The zero-order valence-electron chi connectivity index (χ0n) is 13.6. The molecule has 6 nitrogen and oxygen atoms in total. The molecule has 0 radical (unpaired) electrons. The summed E-state index contributed by atoms with van der Waals surface area (Å²) in [6.07, 6.45) is 2.82. The molecule has 0 aliphatic heterocycles. The third kappa shape index (κ3) is 3.77. The molecule has 0 aliphatic carbocycles. The van der Waals surface area contributed by atoms with Crippen LogP contribution in [-0.2, 0) is 11.3 Å². The average molecular weight is 354 g/mol. The molecule has 0 saturated carbocycles. The number of Topliss-reactive ketones (excluding diaryl/α,β-unsaturated/α-hetero) is 1. The van der Waals surface area contributed by atoms with Crippen LogP contribution in [0.3, 0.4) is 0 Å². The number of benzene rings is 1. The Morgan fingerprint density at radius 2 is 1.85 bits per heavy atom. The lowest BCUT2D eigenvalue weighted by molar-refractivity contribution is -0.123. The highest BCUT2D eigenvalue weighted by Crippen LogP contribution is 2.15. The van der Waals surface area contributed by atoms with Crippen LogP contribution in [0.25, 0.3) is 0 Å². The molecule has 0 unspecified atom stereocenters. The van der Waals surface area contributed by atoms with E-state index in [1.807, 2.05) is 0 Å². The molecule has 0 aliphatic rings. The minimum absolute atomic E-state index is 0.0701. The number of carbonyl (C=O) groups is 2. The van der Waals surface area contributed by atoms with Gasteiger partial charge < -0.3 is 9.73 Å². The van der Waals surface area contributed by atoms with Gasteiger partial charge in [-0.15, -0.1) is 0 Å². The highest BCUT2D eigenvalue weighted by Gasteiger charge is 2.30. The summed E-state index contributed by atoms with van der Waals surface area (Å²) in [5, 5.41) is 2.59. The molecule has 3 rings (SSSR count). The van der Waals surface area contributed by atoms with Crippen molar-refractivity contribution in [1.29, 1.82) is 0 Å². The van der Waals surface area contributed by atoms with Crippen molar-refractivity contribution in [2.75, 3.05) is 0 Å². The Bertz CT molecular complexity index is 962. The number of rotatable bonds is 6. The van der Waals surface area contributed by atoms with Gasteiger partial charge in [-0.05, 0) is 42.5 Å². The largest absolute Gasteiger partial charge is 0.467 e. The van der Waals surface area contributed by atoms with E-state index in [1.54, 1.807) is 18.2 Å². The van der Waals surface area contributed by atoms with Crippen LogP contribution >= 0.6 is 0 Å². The maximum absolute atomic E-state index is 13.1. The van der Waals surface area contributed by atoms with E-state index in [2.05, 4.69) is 5.32 Å². The van der Waals surface area contributed by atoms with Crippen LogP contribution in [0, 0.1) is 5.82 Å². The molecule has 1 N–H and O–H groups in total. The first-order valence-electron chi connectivity index (χ1n) is 7.83. The maximum Gasteiger partial charge on any atom is 0.251 e. The molecule has 2 aromatic heterocycles. The lowest BCUT2D eigenvalue weighted by atomic mass is 10.0. The molecule has 1 aromatic carbocycles. The van der Waals surface area contributed by atoms with Gasteiger partial charge in [0.2, 0.25) is 0 Å². The van der Waals surface area contributed by atoms with Gasteiger partial charge in [0, 0.05) is 17.8 Å². The van der Waals surface area contributed by atoms with E-state index in [9.17, 15) is 18.8 Å². The Kier molecular flexibility index (Phi) is 5.07. The van der Waals surface area contributed by atoms with Gasteiger partial charge in [0.05, 0.1) is 12.8 Å². The second-order valence-electron chi connectivity index (χ2n) is 5.52. The van der Waals surface area contributed by atoms with Crippen molar-refractivity contribution in [3.05, 3.63) is 94.6 Å². The van der Waals surface area contributed by atoms with Crippen molar-refractivity contribution in [2.45, 2.75) is 12.6 Å².